The second-order valence-corrected chi connectivity index (χ2v) is 5.74. The highest BCUT2D eigenvalue weighted by Crippen LogP contribution is 2.39. The van der Waals surface area contributed by atoms with Crippen LogP contribution in [0.4, 0.5) is 22.0 Å². The van der Waals surface area contributed by atoms with Crippen LogP contribution in [0, 0.1) is 0 Å². The molecule has 0 aromatic heterocycles. The van der Waals surface area contributed by atoms with E-state index in [1.165, 1.54) is 11.8 Å². The fourth-order valence-electron chi connectivity index (χ4n) is 1.40. The maximum absolute atomic E-state index is 12.6. The van der Waals surface area contributed by atoms with Gasteiger partial charge < -0.3 is 4.74 Å². The van der Waals surface area contributed by atoms with Crippen molar-refractivity contribution in [2.24, 2.45) is 0 Å². The normalized spacial score (nSPS) is 12.5. The van der Waals surface area contributed by atoms with Crippen molar-refractivity contribution in [2.45, 2.75) is 57.5 Å². The zero-order chi connectivity index (χ0) is 16.4. The first-order valence-electron chi connectivity index (χ1n) is 6.88. The molecule has 21 heavy (non-hydrogen) atoms. The molecule has 8 heteroatoms. The van der Waals surface area contributed by atoms with Gasteiger partial charge in [-0.15, -0.1) is 0 Å². The molecule has 0 heterocycles. The predicted octanol–water partition coefficient (Wildman–Crippen LogP) is 4.82. The topological polar surface area (TPSA) is 26.3 Å². The summed E-state index contributed by atoms with van der Waals surface area (Å²) in [6, 6.07) is 0. The van der Waals surface area contributed by atoms with Crippen molar-refractivity contribution in [1.82, 2.24) is 0 Å². The first kappa shape index (κ1) is 20.5. The van der Waals surface area contributed by atoms with Gasteiger partial charge in [-0.3, -0.25) is 4.79 Å². The third kappa shape index (κ3) is 9.92. The third-order valence-electron chi connectivity index (χ3n) is 2.68. The van der Waals surface area contributed by atoms with E-state index < -0.39 is 18.5 Å². The molecule has 0 atom stereocenters. The lowest BCUT2D eigenvalue weighted by atomic mass is 10.1. The Labute approximate surface area is 125 Å². The van der Waals surface area contributed by atoms with Crippen LogP contribution in [0.15, 0.2) is 0 Å². The van der Waals surface area contributed by atoms with Crippen molar-refractivity contribution in [1.29, 1.82) is 0 Å². The first-order valence-corrected chi connectivity index (χ1v) is 8.04. The fourth-order valence-corrected chi connectivity index (χ4v) is 2.20. The molecule has 0 aromatic carbocycles. The largest absolute Gasteiger partial charge is 0.465 e. The summed E-state index contributed by atoms with van der Waals surface area (Å²) >= 11 is 1.30. The second kappa shape index (κ2) is 10.2. The number of carbonyl (C=O) groups excluding carboxylic acids is 1. The van der Waals surface area contributed by atoms with Gasteiger partial charge in [0.25, 0.3) is 0 Å². The van der Waals surface area contributed by atoms with E-state index in [0.29, 0.717) is 18.8 Å². The van der Waals surface area contributed by atoms with E-state index in [2.05, 4.69) is 0 Å². The zero-order valence-corrected chi connectivity index (χ0v) is 12.8. The standard InChI is InChI=1S/C13H21F5O2S/c1-2-3-8-20-11(19)10-21-9-6-4-5-7-12(14,15)13(16,17)18/h2-10H2,1H3. The lowest BCUT2D eigenvalue weighted by Crippen LogP contribution is -2.36. The van der Waals surface area contributed by atoms with Crippen LogP contribution >= 0.6 is 11.8 Å². The predicted molar refractivity (Wildman–Crippen MR) is 72.7 cm³/mol. The molecule has 0 aliphatic carbocycles. The monoisotopic (exact) mass is 336 g/mol. The van der Waals surface area contributed by atoms with E-state index in [1.54, 1.807) is 0 Å². The molecular weight excluding hydrogens is 315 g/mol. The van der Waals surface area contributed by atoms with Crippen LogP contribution < -0.4 is 0 Å². The Balaban J connectivity index is 3.51. The molecule has 0 spiro atoms. The van der Waals surface area contributed by atoms with E-state index in [1.807, 2.05) is 6.92 Å². The van der Waals surface area contributed by atoms with Gasteiger partial charge in [0, 0.05) is 6.42 Å². The van der Waals surface area contributed by atoms with E-state index >= 15 is 0 Å². The van der Waals surface area contributed by atoms with Crippen LogP contribution in [-0.4, -0.2) is 36.2 Å². The summed E-state index contributed by atoms with van der Waals surface area (Å²) in [6.07, 6.45) is -4.31. The van der Waals surface area contributed by atoms with Gasteiger partial charge in [0.15, 0.2) is 0 Å². The van der Waals surface area contributed by atoms with Crippen molar-refractivity contribution >= 4 is 17.7 Å². The molecule has 0 rings (SSSR count). The summed E-state index contributed by atoms with van der Waals surface area (Å²) in [5.41, 5.74) is 0. The van der Waals surface area contributed by atoms with Gasteiger partial charge in [-0.2, -0.15) is 33.7 Å². The Bertz CT molecular complexity index is 295. The molecular formula is C13H21F5O2S. The van der Waals surface area contributed by atoms with Crippen molar-refractivity contribution in [3.63, 3.8) is 0 Å². The second-order valence-electron chi connectivity index (χ2n) is 4.64. The number of rotatable bonds is 11. The number of halogens is 5. The Morgan fingerprint density at radius 1 is 1.05 bits per heavy atom. The van der Waals surface area contributed by atoms with Crippen LogP contribution in [0.1, 0.15) is 45.4 Å². The molecule has 0 radical (unpaired) electrons. The van der Waals surface area contributed by atoms with Gasteiger partial charge in [-0.1, -0.05) is 19.8 Å². The first-order chi connectivity index (χ1) is 9.70. The summed E-state index contributed by atoms with van der Waals surface area (Å²) < 4.78 is 65.7. The molecule has 0 unspecified atom stereocenters. The molecule has 0 saturated heterocycles. The molecule has 0 aromatic rings. The van der Waals surface area contributed by atoms with Gasteiger partial charge in [-0.05, 0) is 25.0 Å². The smallest absolute Gasteiger partial charge is 0.453 e. The molecule has 2 nitrogen and oxygen atoms in total. The minimum absolute atomic E-state index is 0.183. The average molecular weight is 336 g/mol. The van der Waals surface area contributed by atoms with Crippen LogP contribution in [0.3, 0.4) is 0 Å². The molecule has 0 aliphatic rings. The van der Waals surface area contributed by atoms with Gasteiger partial charge in [0.1, 0.15) is 0 Å². The fraction of sp³-hybridized carbons (Fsp3) is 0.923. The van der Waals surface area contributed by atoms with Gasteiger partial charge in [0.2, 0.25) is 0 Å². The maximum Gasteiger partial charge on any atom is 0.453 e. The molecule has 0 bridgehead atoms. The molecule has 0 aliphatic heterocycles. The summed E-state index contributed by atoms with van der Waals surface area (Å²) in [5, 5.41) is 0. The number of hydrogen-bond donors (Lipinski definition) is 0. The van der Waals surface area contributed by atoms with Crippen molar-refractivity contribution < 1.29 is 31.5 Å². The van der Waals surface area contributed by atoms with E-state index in [9.17, 15) is 26.7 Å². The highest BCUT2D eigenvalue weighted by molar-refractivity contribution is 7.99. The Kier molecular flexibility index (Phi) is 9.98. The third-order valence-corrected chi connectivity index (χ3v) is 3.69. The summed E-state index contributed by atoms with van der Waals surface area (Å²) in [4.78, 5) is 11.2. The minimum Gasteiger partial charge on any atom is -0.465 e. The van der Waals surface area contributed by atoms with Crippen LogP contribution in [-0.2, 0) is 9.53 Å². The average Bonchev–Trinajstić information content (AvgIpc) is 2.36. The minimum atomic E-state index is -5.47. The lowest BCUT2D eigenvalue weighted by Gasteiger charge is -2.19. The Hall–Kier alpha value is -0.530. The highest BCUT2D eigenvalue weighted by atomic mass is 32.2. The SMILES string of the molecule is CCCCOC(=O)CSCCCCCC(F)(F)C(F)(F)F. The van der Waals surface area contributed by atoms with E-state index in [4.69, 9.17) is 4.74 Å². The number of thioether (sulfide) groups is 1. The van der Waals surface area contributed by atoms with Crippen LogP contribution in [0.2, 0.25) is 0 Å². The zero-order valence-electron chi connectivity index (χ0n) is 12.0. The molecule has 0 N–H and O–H groups in total. The molecule has 0 amide bonds. The molecule has 126 valence electrons. The van der Waals surface area contributed by atoms with Gasteiger partial charge in [0.05, 0.1) is 12.4 Å². The summed E-state index contributed by atoms with van der Waals surface area (Å²) in [7, 11) is 0. The van der Waals surface area contributed by atoms with Crippen molar-refractivity contribution in [3.8, 4) is 0 Å². The van der Waals surface area contributed by atoms with Crippen LogP contribution in [0.5, 0.6) is 0 Å². The number of carbonyl (C=O) groups is 1. The number of ether oxygens (including phenoxy) is 1. The number of esters is 1. The molecule has 0 saturated carbocycles. The maximum atomic E-state index is 12.6. The highest BCUT2D eigenvalue weighted by Gasteiger charge is 2.56. The van der Waals surface area contributed by atoms with E-state index in [0.717, 1.165) is 12.8 Å². The van der Waals surface area contributed by atoms with E-state index in [-0.39, 0.29) is 24.6 Å². The Morgan fingerprint density at radius 2 is 1.71 bits per heavy atom. The summed E-state index contributed by atoms with van der Waals surface area (Å²) in [5.74, 6) is -4.20. The number of unbranched alkanes of at least 4 members (excludes halogenated alkanes) is 3. The van der Waals surface area contributed by atoms with Crippen molar-refractivity contribution in [2.75, 3.05) is 18.1 Å². The number of hydrogen-bond acceptors (Lipinski definition) is 3. The van der Waals surface area contributed by atoms with Crippen molar-refractivity contribution in [3.05, 3.63) is 0 Å². The van der Waals surface area contributed by atoms with Gasteiger partial charge >= 0.3 is 18.1 Å². The lowest BCUT2D eigenvalue weighted by molar-refractivity contribution is -0.284. The molecule has 0 fully saturated rings. The quantitative estimate of drug-likeness (QED) is 0.307. The van der Waals surface area contributed by atoms with Crippen LogP contribution in [0.25, 0.3) is 0 Å². The Morgan fingerprint density at radius 3 is 2.29 bits per heavy atom. The van der Waals surface area contributed by atoms with Gasteiger partial charge in [-0.25, -0.2) is 0 Å². The number of alkyl halides is 5. The summed E-state index contributed by atoms with van der Waals surface area (Å²) in [6.45, 7) is 2.37.